The number of carbonyl (C=O) groups is 2. The van der Waals surface area contributed by atoms with E-state index in [0.29, 0.717) is 18.5 Å². The maximum absolute atomic E-state index is 13.6. The van der Waals surface area contributed by atoms with Crippen LogP contribution >= 0.6 is 0 Å². The number of benzene rings is 2. The normalized spacial score (nSPS) is 14.6. The highest BCUT2D eigenvalue weighted by Crippen LogP contribution is 2.22. The number of nitrogens with zero attached hydrogens (tertiary/aromatic N) is 2. The van der Waals surface area contributed by atoms with Crippen molar-refractivity contribution in [2.45, 2.75) is 77.4 Å². The number of aryl methyl sites for hydroxylation is 1. The van der Waals surface area contributed by atoms with Crippen molar-refractivity contribution in [3.05, 3.63) is 59.7 Å². The molecular formula is C29H41N3O5S. The molecule has 0 radical (unpaired) electrons. The minimum atomic E-state index is -3.52. The number of methoxy groups -OCH3 is 1. The summed E-state index contributed by atoms with van der Waals surface area (Å²) in [6.07, 6.45) is 6.26. The van der Waals surface area contributed by atoms with E-state index in [2.05, 4.69) is 5.32 Å². The van der Waals surface area contributed by atoms with Crippen LogP contribution in [0.2, 0.25) is 0 Å². The molecule has 1 saturated carbocycles. The number of amides is 2. The number of ether oxygens (including phenoxy) is 1. The Hall–Kier alpha value is -3.07. The number of hydrogen-bond donors (Lipinski definition) is 1. The van der Waals surface area contributed by atoms with Gasteiger partial charge < -0.3 is 15.0 Å². The fourth-order valence-corrected chi connectivity index (χ4v) is 5.96. The van der Waals surface area contributed by atoms with E-state index >= 15 is 0 Å². The average molecular weight is 544 g/mol. The number of carbonyl (C=O) groups excluding carboxylic acids is 2. The quantitative estimate of drug-likeness (QED) is 0.404. The number of anilines is 1. The summed E-state index contributed by atoms with van der Waals surface area (Å²) in [6, 6.07) is 14.3. The van der Waals surface area contributed by atoms with Gasteiger partial charge in [0, 0.05) is 25.6 Å². The van der Waals surface area contributed by atoms with Crippen LogP contribution in [0.1, 0.15) is 63.0 Å². The van der Waals surface area contributed by atoms with Crippen LogP contribution in [0.25, 0.3) is 0 Å². The van der Waals surface area contributed by atoms with Gasteiger partial charge in [0.05, 0.1) is 19.1 Å². The van der Waals surface area contributed by atoms with Crippen LogP contribution in [-0.4, -0.2) is 57.1 Å². The summed E-state index contributed by atoms with van der Waals surface area (Å²) in [5, 5.41) is 3.15. The van der Waals surface area contributed by atoms with E-state index in [9.17, 15) is 18.0 Å². The van der Waals surface area contributed by atoms with Crippen LogP contribution in [0, 0.1) is 6.92 Å². The monoisotopic (exact) mass is 543 g/mol. The molecule has 3 rings (SSSR count). The second-order valence-corrected chi connectivity index (χ2v) is 12.0. The summed E-state index contributed by atoms with van der Waals surface area (Å²) in [7, 11) is -1.92. The van der Waals surface area contributed by atoms with Gasteiger partial charge in [0.1, 0.15) is 11.8 Å². The molecule has 1 fully saturated rings. The summed E-state index contributed by atoms with van der Waals surface area (Å²) in [5.41, 5.74) is 2.43. The van der Waals surface area contributed by atoms with Gasteiger partial charge in [0.2, 0.25) is 21.8 Å². The molecule has 0 aliphatic heterocycles. The van der Waals surface area contributed by atoms with Crippen molar-refractivity contribution in [3.63, 3.8) is 0 Å². The fraction of sp³-hybridized carbons (Fsp3) is 0.517. The number of nitrogens with one attached hydrogen (secondary N) is 1. The second-order valence-electron chi connectivity index (χ2n) is 10.1. The van der Waals surface area contributed by atoms with Crippen molar-refractivity contribution in [2.75, 3.05) is 24.2 Å². The predicted octanol–water partition coefficient (Wildman–Crippen LogP) is 4.42. The van der Waals surface area contributed by atoms with Crippen LogP contribution in [0.15, 0.2) is 48.5 Å². The molecule has 2 aromatic rings. The van der Waals surface area contributed by atoms with Crippen LogP contribution in [0.5, 0.6) is 5.75 Å². The van der Waals surface area contributed by atoms with E-state index in [-0.39, 0.29) is 37.4 Å². The number of sulfonamides is 1. The molecule has 9 heteroatoms. The Bertz CT molecular complexity index is 1180. The summed E-state index contributed by atoms with van der Waals surface area (Å²) in [5.74, 6) is 0.417. The van der Waals surface area contributed by atoms with E-state index in [1.54, 1.807) is 18.1 Å². The molecule has 208 valence electrons. The highest BCUT2D eigenvalue weighted by atomic mass is 32.2. The molecule has 1 atom stereocenters. The lowest BCUT2D eigenvalue weighted by Crippen LogP contribution is -2.51. The molecule has 1 aliphatic rings. The van der Waals surface area contributed by atoms with Gasteiger partial charge in [0.25, 0.3) is 0 Å². The van der Waals surface area contributed by atoms with Gasteiger partial charge >= 0.3 is 0 Å². The third-order valence-electron chi connectivity index (χ3n) is 7.04. The molecule has 38 heavy (non-hydrogen) atoms. The zero-order valence-electron chi connectivity index (χ0n) is 23.0. The van der Waals surface area contributed by atoms with Gasteiger partial charge in [-0.15, -0.1) is 0 Å². The van der Waals surface area contributed by atoms with Crippen molar-refractivity contribution < 1.29 is 22.7 Å². The zero-order chi connectivity index (χ0) is 27.7. The van der Waals surface area contributed by atoms with E-state index in [1.807, 2.05) is 56.3 Å². The first-order valence-corrected chi connectivity index (χ1v) is 15.2. The lowest BCUT2D eigenvalue weighted by atomic mass is 10.1. The zero-order valence-corrected chi connectivity index (χ0v) is 23.8. The minimum absolute atomic E-state index is 0.126. The van der Waals surface area contributed by atoms with Crippen molar-refractivity contribution in [1.29, 1.82) is 0 Å². The van der Waals surface area contributed by atoms with Crippen molar-refractivity contribution in [1.82, 2.24) is 10.2 Å². The van der Waals surface area contributed by atoms with Crippen LogP contribution in [0.4, 0.5) is 5.69 Å². The molecule has 0 aromatic heterocycles. The highest BCUT2D eigenvalue weighted by molar-refractivity contribution is 7.92. The first-order chi connectivity index (χ1) is 18.1. The van der Waals surface area contributed by atoms with E-state index in [0.717, 1.165) is 42.6 Å². The maximum Gasteiger partial charge on any atom is 0.243 e. The third-order valence-corrected chi connectivity index (χ3v) is 8.24. The Morgan fingerprint density at radius 1 is 1.11 bits per heavy atom. The Kier molecular flexibility index (Phi) is 10.6. The Labute approximate surface area is 227 Å². The Balaban J connectivity index is 1.76. The standard InChI is InChI=1S/C29H41N3O5S/c1-5-27(29(34)30-24-11-6-7-12-24)31(21-23-15-17-26(37-3)18-16-23)28(33)14-9-19-32(38(4,35)36)25-13-8-10-22(2)20-25/h8,10,13,15-18,20,24,27H,5-7,9,11-12,14,19,21H2,1-4H3,(H,30,34)/t27-/m1/s1. The minimum Gasteiger partial charge on any atom is -0.497 e. The van der Waals surface area contributed by atoms with Gasteiger partial charge in [-0.2, -0.15) is 0 Å². The van der Waals surface area contributed by atoms with E-state index in [1.165, 1.54) is 10.6 Å². The molecule has 8 nitrogen and oxygen atoms in total. The molecule has 2 aromatic carbocycles. The largest absolute Gasteiger partial charge is 0.497 e. The summed E-state index contributed by atoms with van der Waals surface area (Å²) < 4.78 is 31.6. The van der Waals surface area contributed by atoms with Gasteiger partial charge in [-0.1, -0.05) is 44.0 Å². The lowest BCUT2D eigenvalue weighted by molar-refractivity contribution is -0.141. The van der Waals surface area contributed by atoms with Crippen molar-refractivity contribution >= 4 is 27.5 Å². The molecular weight excluding hydrogens is 502 g/mol. The summed E-state index contributed by atoms with van der Waals surface area (Å²) in [4.78, 5) is 28.5. The van der Waals surface area contributed by atoms with Crippen LogP contribution < -0.4 is 14.4 Å². The van der Waals surface area contributed by atoms with Crippen LogP contribution in [-0.2, 0) is 26.2 Å². The van der Waals surface area contributed by atoms with Gasteiger partial charge in [0.15, 0.2) is 0 Å². The molecule has 0 spiro atoms. The predicted molar refractivity (Wildman–Crippen MR) is 151 cm³/mol. The maximum atomic E-state index is 13.6. The topological polar surface area (TPSA) is 96.0 Å². The smallest absolute Gasteiger partial charge is 0.243 e. The number of hydrogen-bond acceptors (Lipinski definition) is 5. The Morgan fingerprint density at radius 2 is 1.79 bits per heavy atom. The van der Waals surface area contributed by atoms with Crippen molar-refractivity contribution in [3.8, 4) is 5.75 Å². The van der Waals surface area contributed by atoms with Gasteiger partial charge in [-0.05, 0) is 68.0 Å². The lowest BCUT2D eigenvalue weighted by Gasteiger charge is -2.32. The Morgan fingerprint density at radius 3 is 2.37 bits per heavy atom. The molecule has 0 bridgehead atoms. The number of rotatable bonds is 13. The fourth-order valence-electron chi connectivity index (χ4n) is 5.00. The van der Waals surface area contributed by atoms with Crippen molar-refractivity contribution in [2.24, 2.45) is 0 Å². The molecule has 0 unspecified atom stereocenters. The summed E-state index contributed by atoms with van der Waals surface area (Å²) >= 11 is 0. The molecule has 1 aliphatic carbocycles. The summed E-state index contributed by atoms with van der Waals surface area (Å²) in [6.45, 7) is 4.28. The molecule has 0 saturated heterocycles. The van der Waals surface area contributed by atoms with Gasteiger partial charge in [-0.3, -0.25) is 13.9 Å². The van der Waals surface area contributed by atoms with Crippen LogP contribution in [0.3, 0.4) is 0 Å². The SMILES string of the molecule is CC[C@H](C(=O)NC1CCCC1)N(Cc1ccc(OC)cc1)C(=O)CCCN(c1cccc(C)c1)S(C)(=O)=O. The molecule has 2 amide bonds. The second kappa shape index (κ2) is 13.6. The average Bonchev–Trinajstić information content (AvgIpc) is 3.39. The first kappa shape index (κ1) is 29.5. The first-order valence-electron chi connectivity index (χ1n) is 13.4. The molecule has 1 N–H and O–H groups in total. The highest BCUT2D eigenvalue weighted by Gasteiger charge is 2.30. The third kappa shape index (κ3) is 8.21. The van der Waals surface area contributed by atoms with Gasteiger partial charge in [-0.25, -0.2) is 8.42 Å². The van der Waals surface area contributed by atoms with E-state index in [4.69, 9.17) is 4.74 Å². The van der Waals surface area contributed by atoms with E-state index < -0.39 is 16.1 Å². The molecule has 0 heterocycles.